The summed E-state index contributed by atoms with van der Waals surface area (Å²) < 4.78 is 71.8. The highest BCUT2D eigenvalue weighted by Gasteiger charge is 2.66. The molecule has 1 heterocycles. The number of halogens is 2. The van der Waals surface area contributed by atoms with E-state index in [1.165, 1.54) is 4.31 Å². The van der Waals surface area contributed by atoms with Crippen molar-refractivity contribution in [2.45, 2.75) is 68.8 Å². The molecule has 1 N–H and O–H groups in total. The molecule has 1 aliphatic heterocycles. The molecule has 138 valence electrons. The van der Waals surface area contributed by atoms with E-state index in [1.54, 1.807) is 0 Å². The normalized spacial score (nSPS) is 22.4. The van der Waals surface area contributed by atoms with E-state index in [0.29, 0.717) is 13.1 Å². The van der Waals surface area contributed by atoms with Gasteiger partial charge in [0.05, 0.1) is 0 Å². The van der Waals surface area contributed by atoms with E-state index in [-0.39, 0.29) is 0 Å². The van der Waals surface area contributed by atoms with E-state index < -0.39 is 35.2 Å². The van der Waals surface area contributed by atoms with Gasteiger partial charge in [0.1, 0.15) is 4.75 Å². The van der Waals surface area contributed by atoms with Gasteiger partial charge in [-0.25, -0.2) is 13.1 Å². The largest absolute Gasteiger partial charge is 0.286 e. The first-order valence-corrected chi connectivity index (χ1v) is 10.7. The maximum Gasteiger partial charge on any atom is 0.286 e. The molecule has 0 spiro atoms. The zero-order valence-electron chi connectivity index (χ0n) is 14.1. The van der Waals surface area contributed by atoms with Gasteiger partial charge in [0, 0.05) is 22.8 Å². The Bertz CT molecular complexity index is 632. The van der Waals surface area contributed by atoms with Crippen LogP contribution in [0, 0.1) is 0 Å². The van der Waals surface area contributed by atoms with E-state index in [1.807, 2.05) is 0 Å². The van der Waals surface area contributed by atoms with Crippen LogP contribution in [0.15, 0.2) is 0 Å². The van der Waals surface area contributed by atoms with Gasteiger partial charge >= 0.3 is 0 Å². The SMILES string of the molecule is C=S(=O)(N1CCCCCC1)C(C)(C)C(F)(F)C(C)(C)S(=O)(=O)O. The van der Waals surface area contributed by atoms with Gasteiger partial charge in [-0.3, -0.25) is 8.76 Å². The molecule has 0 radical (unpaired) electrons. The first-order valence-electron chi connectivity index (χ1n) is 7.57. The lowest BCUT2D eigenvalue weighted by Crippen LogP contribution is -2.65. The molecule has 0 bridgehead atoms. The number of nitrogens with zero attached hydrogens (tertiary/aromatic N) is 1. The quantitative estimate of drug-likeness (QED) is 0.592. The molecule has 23 heavy (non-hydrogen) atoms. The molecule has 0 aromatic carbocycles. The third-order valence-electron chi connectivity index (χ3n) is 4.94. The lowest BCUT2D eigenvalue weighted by molar-refractivity contribution is -0.0635. The van der Waals surface area contributed by atoms with Crippen molar-refractivity contribution in [3.63, 3.8) is 0 Å². The van der Waals surface area contributed by atoms with Crippen LogP contribution in [0.25, 0.3) is 0 Å². The van der Waals surface area contributed by atoms with E-state index in [0.717, 1.165) is 53.4 Å². The van der Waals surface area contributed by atoms with Gasteiger partial charge in [0.25, 0.3) is 16.0 Å². The minimum absolute atomic E-state index is 0.383. The second kappa shape index (κ2) is 6.24. The molecule has 0 aliphatic carbocycles. The number of hydrogen-bond donors (Lipinski definition) is 1. The fourth-order valence-corrected chi connectivity index (χ4v) is 5.54. The highest BCUT2D eigenvalue weighted by Crippen LogP contribution is 2.47. The van der Waals surface area contributed by atoms with Crippen LogP contribution in [0.3, 0.4) is 0 Å². The van der Waals surface area contributed by atoms with Crippen molar-refractivity contribution in [3.8, 4) is 0 Å². The Morgan fingerprint density at radius 2 is 1.30 bits per heavy atom. The molecule has 0 aromatic rings. The van der Waals surface area contributed by atoms with E-state index in [4.69, 9.17) is 0 Å². The molecule has 0 amide bonds. The summed E-state index contributed by atoms with van der Waals surface area (Å²) in [4.78, 5) is 0. The Morgan fingerprint density at radius 3 is 1.65 bits per heavy atom. The zero-order valence-corrected chi connectivity index (χ0v) is 15.8. The van der Waals surface area contributed by atoms with E-state index >= 15 is 8.78 Å². The van der Waals surface area contributed by atoms with Crippen molar-refractivity contribution < 1.29 is 26.0 Å². The van der Waals surface area contributed by atoms with E-state index in [9.17, 15) is 17.2 Å². The molecule has 0 saturated carbocycles. The van der Waals surface area contributed by atoms with Gasteiger partial charge in [-0.2, -0.15) is 8.42 Å². The summed E-state index contributed by atoms with van der Waals surface area (Å²) in [5.74, 6) is -0.394. The minimum atomic E-state index is -5.06. The Kier molecular flexibility index (Phi) is 5.64. The minimum Gasteiger partial charge on any atom is -0.285 e. The summed E-state index contributed by atoms with van der Waals surface area (Å²) >= 11 is 0. The highest BCUT2D eigenvalue weighted by atomic mass is 32.2. The van der Waals surface area contributed by atoms with Crippen LogP contribution in [0.1, 0.15) is 53.4 Å². The fraction of sp³-hybridized carbons (Fsp3) is 0.929. The van der Waals surface area contributed by atoms with Crippen molar-refractivity contribution >= 4 is 25.7 Å². The summed E-state index contributed by atoms with van der Waals surface area (Å²) in [6.07, 6.45) is 3.32. The van der Waals surface area contributed by atoms with Gasteiger partial charge in [-0.15, -0.1) is 0 Å². The van der Waals surface area contributed by atoms with Gasteiger partial charge < -0.3 is 0 Å². The molecule has 0 aromatic heterocycles. The molecule has 9 heteroatoms. The average Bonchev–Trinajstić information content (AvgIpc) is 2.65. The van der Waals surface area contributed by atoms with Crippen LogP contribution < -0.4 is 0 Å². The van der Waals surface area contributed by atoms with Crippen LogP contribution >= 0.6 is 0 Å². The van der Waals surface area contributed by atoms with Crippen molar-refractivity contribution in [1.82, 2.24) is 4.31 Å². The molecule has 1 atom stereocenters. The maximum atomic E-state index is 15.0. The maximum absolute atomic E-state index is 15.0. The van der Waals surface area contributed by atoms with Crippen molar-refractivity contribution in [1.29, 1.82) is 0 Å². The Hall–Kier alpha value is -0.250. The third kappa shape index (κ3) is 3.29. The third-order valence-corrected chi connectivity index (χ3v) is 9.53. The summed E-state index contributed by atoms with van der Waals surface area (Å²) in [5, 5.41) is 0. The molecule has 1 saturated heterocycles. The summed E-state index contributed by atoms with van der Waals surface area (Å²) in [5.41, 5.74) is 0. The first-order chi connectivity index (χ1) is 10.1. The first kappa shape index (κ1) is 20.8. The van der Waals surface area contributed by atoms with Crippen molar-refractivity contribution in [2.24, 2.45) is 0 Å². The lowest BCUT2D eigenvalue weighted by atomic mass is 9.93. The van der Waals surface area contributed by atoms with Crippen LogP contribution in [-0.2, 0) is 19.8 Å². The predicted octanol–water partition coefficient (Wildman–Crippen LogP) is 2.57. The van der Waals surface area contributed by atoms with Crippen LogP contribution in [0.2, 0.25) is 0 Å². The van der Waals surface area contributed by atoms with Crippen molar-refractivity contribution in [3.05, 3.63) is 0 Å². The molecule has 1 unspecified atom stereocenters. The summed E-state index contributed by atoms with van der Waals surface area (Å²) in [6, 6.07) is 0. The Morgan fingerprint density at radius 1 is 0.913 bits per heavy atom. The second-order valence-corrected chi connectivity index (χ2v) is 11.8. The van der Waals surface area contributed by atoms with Gasteiger partial charge in [-0.1, -0.05) is 12.8 Å². The molecular formula is C14H27F2NO4S2. The average molecular weight is 376 g/mol. The van der Waals surface area contributed by atoms with Gasteiger partial charge in [-0.05, 0) is 46.4 Å². The topological polar surface area (TPSA) is 74.7 Å². The van der Waals surface area contributed by atoms with Gasteiger partial charge in [0.15, 0.2) is 4.75 Å². The second-order valence-electron chi connectivity index (χ2n) is 7.05. The van der Waals surface area contributed by atoms with Crippen LogP contribution in [0.4, 0.5) is 8.78 Å². The fourth-order valence-electron chi connectivity index (χ4n) is 2.75. The Labute approximate surface area is 138 Å². The lowest BCUT2D eigenvalue weighted by Gasteiger charge is -2.46. The summed E-state index contributed by atoms with van der Waals surface area (Å²) in [6.45, 7) is 4.35. The highest BCUT2D eigenvalue weighted by molar-refractivity contribution is 7.99. The predicted molar refractivity (Wildman–Crippen MR) is 90.0 cm³/mol. The molecule has 5 nitrogen and oxygen atoms in total. The number of hydrogen-bond acceptors (Lipinski definition) is 3. The van der Waals surface area contributed by atoms with Crippen molar-refractivity contribution in [2.75, 3.05) is 13.1 Å². The molecule has 1 rings (SSSR count). The molecule has 1 fully saturated rings. The number of alkyl halides is 2. The molecule has 1 aliphatic rings. The number of rotatable bonds is 5. The van der Waals surface area contributed by atoms with Gasteiger partial charge in [0.2, 0.25) is 0 Å². The molecular weight excluding hydrogens is 348 g/mol. The Balaban J connectivity index is 3.37. The van der Waals surface area contributed by atoms with Crippen LogP contribution in [0.5, 0.6) is 0 Å². The smallest absolute Gasteiger partial charge is 0.285 e. The summed E-state index contributed by atoms with van der Waals surface area (Å²) in [7, 11) is -8.54. The monoisotopic (exact) mass is 375 g/mol. The van der Waals surface area contributed by atoms with Crippen LogP contribution in [-0.4, -0.2) is 55.9 Å². The standard InChI is InChI=1S/C14H27F2NO4S2/c1-12(2,14(15,16)13(3,4)23(19,20)21)22(5,18)17-10-8-6-7-9-11-17/h5-11H2,1-4H3,(H,19,20,21). The zero-order chi connectivity index (χ0) is 18.3. The van der Waals surface area contributed by atoms with E-state index in [2.05, 4.69) is 5.87 Å².